The van der Waals surface area contributed by atoms with E-state index in [0.29, 0.717) is 18.7 Å². The third-order valence-electron chi connectivity index (χ3n) is 3.88. The molecule has 0 radical (unpaired) electrons. The molecule has 4 nitrogen and oxygen atoms in total. The van der Waals surface area contributed by atoms with Crippen molar-refractivity contribution in [3.8, 4) is 5.75 Å². The molecule has 124 valence electrons. The first-order valence-corrected chi connectivity index (χ1v) is 7.71. The number of carbonyl (C=O) groups excluding carboxylic acids is 1. The maximum atomic E-state index is 14.5. The summed E-state index contributed by atoms with van der Waals surface area (Å²) in [5.41, 5.74) is 1.36. The summed E-state index contributed by atoms with van der Waals surface area (Å²) in [6.45, 7) is 2.87. The molecule has 0 spiro atoms. The number of hydrogen-bond donors (Lipinski definition) is 0. The molecule has 0 atom stereocenters. The highest BCUT2D eigenvalue weighted by Crippen LogP contribution is 2.24. The van der Waals surface area contributed by atoms with Crippen molar-refractivity contribution in [2.75, 3.05) is 13.7 Å². The minimum atomic E-state index is -0.673. The van der Waals surface area contributed by atoms with E-state index < -0.39 is 11.8 Å². The Labute approximate surface area is 139 Å². The first kappa shape index (κ1) is 16.1. The Morgan fingerprint density at radius 1 is 1.21 bits per heavy atom. The summed E-state index contributed by atoms with van der Waals surface area (Å²) in [5.74, 6) is -0.410. The van der Waals surface area contributed by atoms with Crippen LogP contribution in [0, 0.1) is 5.82 Å². The van der Waals surface area contributed by atoms with Crippen molar-refractivity contribution in [1.29, 1.82) is 0 Å². The number of rotatable bonds is 5. The lowest BCUT2D eigenvalue weighted by Gasteiger charge is -2.10. The third kappa shape index (κ3) is 2.97. The largest absolute Gasteiger partial charge is 0.494 e. The molecule has 0 aliphatic carbocycles. The van der Waals surface area contributed by atoms with Crippen LogP contribution in [0.5, 0.6) is 5.75 Å². The molecule has 3 rings (SSSR count). The van der Waals surface area contributed by atoms with Gasteiger partial charge in [-0.25, -0.2) is 9.18 Å². The van der Waals surface area contributed by atoms with E-state index in [9.17, 15) is 9.18 Å². The molecule has 0 amide bonds. The lowest BCUT2D eigenvalue weighted by molar-refractivity contribution is 0.0595. The van der Waals surface area contributed by atoms with Crippen molar-refractivity contribution in [3.63, 3.8) is 0 Å². The maximum absolute atomic E-state index is 14.5. The van der Waals surface area contributed by atoms with Crippen LogP contribution in [-0.2, 0) is 11.3 Å². The molecule has 1 aromatic heterocycles. The molecule has 1 heterocycles. The van der Waals surface area contributed by atoms with Crippen molar-refractivity contribution < 1.29 is 18.7 Å². The number of nitrogens with zero attached hydrogens (tertiary/aromatic N) is 1. The molecule has 0 bridgehead atoms. The molecule has 2 aromatic carbocycles. The molecule has 24 heavy (non-hydrogen) atoms. The molecule has 0 fully saturated rings. The molecular weight excluding hydrogens is 309 g/mol. The molecular formula is C19H18FNO3. The summed E-state index contributed by atoms with van der Waals surface area (Å²) < 4.78 is 26.6. The molecule has 0 N–H and O–H groups in total. The SMILES string of the molecule is CCOc1ccc2c(ccn2Cc2cccc(C(=O)OC)c2F)c1. The van der Waals surface area contributed by atoms with E-state index in [-0.39, 0.29) is 5.56 Å². The Kier molecular flexibility index (Phi) is 4.51. The first-order valence-electron chi connectivity index (χ1n) is 7.71. The molecule has 0 unspecified atom stereocenters. The van der Waals surface area contributed by atoms with Crippen LogP contribution in [0.25, 0.3) is 10.9 Å². The number of halogens is 1. The highest BCUT2D eigenvalue weighted by molar-refractivity contribution is 5.89. The number of ether oxygens (including phenoxy) is 2. The predicted molar refractivity (Wildman–Crippen MR) is 89.9 cm³/mol. The van der Waals surface area contributed by atoms with E-state index in [2.05, 4.69) is 4.74 Å². The summed E-state index contributed by atoms with van der Waals surface area (Å²) >= 11 is 0. The monoisotopic (exact) mass is 327 g/mol. The smallest absolute Gasteiger partial charge is 0.340 e. The van der Waals surface area contributed by atoms with Crippen molar-refractivity contribution in [2.45, 2.75) is 13.5 Å². The van der Waals surface area contributed by atoms with Gasteiger partial charge in [-0.05, 0) is 37.3 Å². The topological polar surface area (TPSA) is 40.5 Å². The average molecular weight is 327 g/mol. The van der Waals surface area contributed by atoms with E-state index in [4.69, 9.17) is 4.74 Å². The molecule has 0 saturated carbocycles. The van der Waals surface area contributed by atoms with Gasteiger partial charge in [0.25, 0.3) is 0 Å². The van der Waals surface area contributed by atoms with Crippen LogP contribution in [0.3, 0.4) is 0 Å². The van der Waals surface area contributed by atoms with Gasteiger partial charge in [-0.15, -0.1) is 0 Å². The quantitative estimate of drug-likeness (QED) is 0.665. The lowest BCUT2D eigenvalue weighted by atomic mass is 10.1. The number of esters is 1. The Morgan fingerprint density at radius 3 is 2.79 bits per heavy atom. The Morgan fingerprint density at radius 2 is 2.04 bits per heavy atom. The second kappa shape index (κ2) is 6.74. The second-order valence-electron chi connectivity index (χ2n) is 5.37. The van der Waals surface area contributed by atoms with Crippen molar-refractivity contribution >= 4 is 16.9 Å². The summed E-state index contributed by atoms with van der Waals surface area (Å²) in [6, 6.07) is 12.5. The van der Waals surface area contributed by atoms with Crippen LogP contribution in [0.4, 0.5) is 4.39 Å². The minimum Gasteiger partial charge on any atom is -0.494 e. The Bertz CT molecular complexity index is 885. The fraction of sp³-hybridized carbons (Fsp3) is 0.211. The number of benzene rings is 2. The van der Waals surface area contributed by atoms with Gasteiger partial charge in [-0.3, -0.25) is 0 Å². The van der Waals surface area contributed by atoms with Gasteiger partial charge < -0.3 is 14.0 Å². The Balaban J connectivity index is 1.94. The van der Waals surface area contributed by atoms with E-state index in [1.165, 1.54) is 13.2 Å². The third-order valence-corrected chi connectivity index (χ3v) is 3.88. The molecule has 0 saturated heterocycles. The van der Waals surface area contributed by atoms with Gasteiger partial charge in [0.15, 0.2) is 0 Å². The molecule has 5 heteroatoms. The maximum Gasteiger partial charge on any atom is 0.340 e. The predicted octanol–water partition coefficient (Wildman–Crippen LogP) is 4.01. The highest BCUT2D eigenvalue weighted by atomic mass is 19.1. The van der Waals surface area contributed by atoms with Crippen LogP contribution >= 0.6 is 0 Å². The normalized spacial score (nSPS) is 10.8. The van der Waals surface area contributed by atoms with Crippen molar-refractivity contribution in [3.05, 3.63) is 65.6 Å². The zero-order valence-corrected chi connectivity index (χ0v) is 13.6. The number of carbonyl (C=O) groups is 1. The fourth-order valence-corrected chi connectivity index (χ4v) is 2.73. The number of aromatic nitrogens is 1. The van der Waals surface area contributed by atoms with Crippen LogP contribution in [0.15, 0.2) is 48.7 Å². The van der Waals surface area contributed by atoms with E-state index in [1.807, 2.05) is 42.0 Å². The van der Waals surface area contributed by atoms with Gasteiger partial charge in [0.2, 0.25) is 0 Å². The molecule has 0 aliphatic rings. The van der Waals surface area contributed by atoms with Crippen LogP contribution in [0.2, 0.25) is 0 Å². The number of fused-ring (bicyclic) bond motifs is 1. The Hall–Kier alpha value is -2.82. The summed E-state index contributed by atoms with van der Waals surface area (Å²) in [5, 5.41) is 1.02. The van der Waals surface area contributed by atoms with Gasteiger partial charge in [-0.1, -0.05) is 12.1 Å². The van der Waals surface area contributed by atoms with Gasteiger partial charge in [0, 0.05) is 22.7 Å². The molecule has 3 aromatic rings. The lowest BCUT2D eigenvalue weighted by Crippen LogP contribution is -2.08. The van der Waals surface area contributed by atoms with Gasteiger partial charge in [0.1, 0.15) is 11.6 Å². The minimum absolute atomic E-state index is 0.0508. The molecule has 0 aliphatic heterocycles. The zero-order chi connectivity index (χ0) is 17.1. The van der Waals surface area contributed by atoms with Gasteiger partial charge in [0.05, 0.1) is 25.8 Å². The van der Waals surface area contributed by atoms with Crippen molar-refractivity contribution in [1.82, 2.24) is 4.57 Å². The van der Waals surface area contributed by atoms with Crippen LogP contribution < -0.4 is 4.74 Å². The summed E-state index contributed by atoms with van der Waals surface area (Å²) in [7, 11) is 1.24. The van der Waals surface area contributed by atoms with Crippen molar-refractivity contribution in [2.24, 2.45) is 0 Å². The van der Waals surface area contributed by atoms with Crippen LogP contribution in [-0.4, -0.2) is 24.3 Å². The van der Waals surface area contributed by atoms with E-state index in [0.717, 1.165) is 16.7 Å². The second-order valence-corrected chi connectivity index (χ2v) is 5.37. The van der Waals surface area contributed by atoms with Gasteiger partial charge in [-0.2, -0.15) is 0 Å². The summed E-state index contributed by atoms with van der Waals surface area (Å²) in [4.78, 5) is 11.6. The van der Waals surface area contributed by atoms with E-state index >= 15 is 0 Å². The van der Waals surface area contributed by atoms with E-state index in [1.54, 1.807) is 12.1 Å². The highest BCUT2D eigenvalue weighted by Gasteiger charge is 2.15. The first-order chi connectivity index (χ1) is 11.6. The van der Waals surface area contributed by atoms with Gasteiger partial charge >= 0.3 is 5.97 Å². The number of methoxy groups -OCH3 is 1. The number of hydrogen-bond acceptors (Lipinski definition) is 3. The summed E-state index contributed by atoms with van der Waals surface area (Å²) in [6.07, 6.45) is 1.89. The average Bonchev–Trinajstić information content (AvgIpc) is 2.98. The standard InChI is InChI=1S/C19H18FNO3/c1-3-24-15-7-8-17-13(11-15)9-10-21(17)12-14-5-4-6-16(18(14)20)19(22)23-2/h4-11H,3,12H2,1-2H3. The zero-order valence-electron chi connectivity index (χ0n) is 13.6. The van der Waals surface area contributed by atoms with Crippen LogP contribution in [0.1, 0.15) is 22.8 Å². The fourth-order valence-electron chi connectivity index (χ4n) is 2.73.